The molecule has 0 N–H and O–H groups in total. The van der Waals surface area contributed by atoms with Crippen molar-refractivity contribution < 1.29 is 9.53 Å². The van der Waals surface area contributed by atoms with Crippen molar-refractivity contribution in [1.29, 1.82) is 0 Å². The number of hydrogen-bond acceptors (Lipinski definition) is 4. The molecular weight excluding hydrogens is 218 g/mol. The summed E-state index contributed by atoms with van der Waals surface area (Å²) in [5, 5.41) is 0. The number of aldehydes is 1. The predicted molar refractivity (Wildman–Crippen MR) is 62.4 cm³/mol. The van der Waals surface area contributed by atoms with Gasteiger partial charge in [-0.3, -0.25) is 9.20 Å². The highest BCUT2D eigenvalue weighted by molar-refractivity contribution is 5.84. The Morgan fingerprint density at radius 2 is 2.18 bits per heavy atom. The fourth-order valence-electron chi connectivity index (χ4n) is 1.90. The molecule has 0 atom stereocenters. The zero-order valence-corrected chi connectivity index (χ0v) is 9.12. The van der Waals surface area contributed by atoms with E-state index in [1.807, 2.05) is 24.3 Å². The Bertz CT molecular complexity index is 718. The lowest BCUT2D eigenvalue weighted by atomic mass is 10.3. The first-order valence-corrected chi connectivity index (χ1v) is 5.10. The van der Waals surface area contributed by atoms with E-state index in [4.69, 9.17) is 4.74 Å². The molecule has 0 aliphatic rings. The van der Waals surface area contributed by atoms with Gasteiger partial charge in [0, 0.05) is 0 Å². The molecule has 3 aromatic rings. The van der Waals surface area contributed by atoms with Crippen LogP contribution in [0.4, 0.5) is 0 Å². The Labute approximate surface area is 96.7 Å². The summed E-state index contributed by atoms with van der Waals surface area (Å²) in [6.07, 6.45) is 2.28. The average molecular weight is 227 g/mol. The number of benzene rings is 1. The predicted octanol–water partition coefficient (Wildman–Crippen LogP) is 1.70. The molecule has 5 heteroatoms. The lowest BCUT2D eigenvalue weighted by Gasteiger charge is -2.06. The van der Waals surface area contributed by atoms with Crippen LogP contribution in [-0.2, 0) is 0 Å². The van der Waals surface area contributed by atoms with Crippen molar-refractivity contribution in [1.82, 2.24) is 14.4 Å². The van der Waals surface area contributed by atoms with Gasteiger partial charge < -0.3 is 4.74 Å². The molecule has 2 aromatic heterocycles. The number of nitrogens with zero attached hydrogens (tertiary/aromatic N) is 3. The molecular formula is C12H9N3O2. The summed E-state index contributed by atoms with van der Waals surface area (Å²) in [5.41, 5.74) is 2.63. The fourth-order valence-corrected chi connectivity index (χ4v) is 1.90. The summed E-state index contributed by atoms with van der Waals surface area (Å²) < 4.78 is 6.93. The minimum Gasteiger partial charge on any atom is -0.478 e. The van der Waals surface area contributed by atoms with E-state index >= 15 is 0 Å². The average Bonchev–Trinajstić information content (AvgIpc) is 2.82. The van der Waals surface area contributed by atoms with Gasteiger partial charge in [-0.1, -0.05) is 12.1 Å². The van der Waals surface area contributed by atoms with Crippen LogP contribution in [0.5, 0.6) is 5.88 Å². The van der Waals surface area contributed by atoms with E-state index in [9.17, 15) is 4.79 Å². The minimum absolute atomic E-state index is 0.414. The first kappa shape index (κ1) is 9.77. The van der Waals surface area contributed by atoms with Gasteiger partial charge in [-0.25, -0.2) is 9.97 Å². The molecule has 0 fully saturated rings. The largest absolute Gasteiger partial charge is 0.478 e. The molecule has 0 saturated carbocycles. The van der Waals surface area contributed by atoms with Crippen LogP contribution < -0.4 is 4.74 Å². The molecule has 2 heterocycles. The maximum absolute atomic E-state index is 11.0. The standard InChI is InChI=1S/C12H9N3O2/c1-17-12-11-13-6-8(7-16)15(11)10-5-3-2-4-9(10)14-12/h2-7H,1H3. The smallest absolute Gasteiger partial charge is 0.258 e. The number of ether oxygens (including phenoxy) is 1. The SMILES string of the molecule is COc1nc2ccccc2n2c(C=O)cnc12. The second-order valence-corrected chi connectivity index (χ2v) is 3.57. The van der Waals surface area contributed by atoms with Gasteiger partial charge in [-0.05, 0) is 12.1 Å². The molecule has 84 valence electrons. The van der Waals surface area contributed by atoms with Gasteiger partial charge in [0.2, 0.25) is 5.65 Å². The Hall–Kier alpha value is -2.43. The van der Waals surface area contributed by atoms with E-state index in [1.165, 1.54) is 13.3 Å². The molecule has 5 nitrogen and oxygen atoms in total. The number of imidazole rings is 1. The van der Waals surface area contributed by atoms with E-state index in [0.29, 0.717) is 17.2 Å². The van der Waals surface area contributed by atoms with Crippen LogP contribution in [-0.4, -0.2) is 27.8 Å². The van der Waals surface area contributed by atoms with Crippen LogP contribution in [0.2, 0.25) is 0 Å². The third kappa shape index (κ3) is 1.29. The number of methoxy groups -OCH3 is 1. The Morgan fingerprint density at radius 3 is 2.94 bits per heavy atom. The molecule has 3 rings (SSSR count). The van der Waals surface area contributed by atoms with Crippen LogP contribution >= 0.6 is 0 Å². The van der Waals surface area contributed by atoms with Crippen molar-refractivity contribution in [3.63, 3.8) is 0 Å². The highest BCUT2D eigenvalue weighted by Gasteiger charge is 2.12. The van der Waals surface area contributed by atoms with Crippen LogP contribution in [0.15, 0.2) is 30.5 Å². The third-order valence-corrected chi connectivity index (χ3v) is 2.64. The molecule has 0 spiro atoms. The molecule has 0 bridgehead atoms. The van der Waals surface area contributed by atoms with Gasteiger partial charge in [-0.15, -0.1) is 0 Å². The zero-order valence-electron chi connectivity index (χ0n) is 9.12. The lowest BCUT2D eigenvalue weighted by Crippen LogP contribution is -1.99. The normalized spacial score (nSPS) is 10.9. The van der Waals surface area contributed by atoms with Crippen LogP contribution in [0, 0.1) is 0 Å². The highest BCUT2D eigenvalue weighted by Crippen LogP contribution is 2.23. The summed E-state index contributed by atoms with van der Waals surface area (Å²) in [4.78, 5) is 19.5. The number of carbonyl (C=O) groups excluding carboxylic acids is 1. The van der Waals surface area contributed by atoms with Gasteiger partial charge in [0.05, 0.1) is 24.3 Å². The number of aromatic nitrogens is 3. The molecule has 0 saturated heterocycles. The van der Waals surface area contributed by atoms with Crippen molar-refractivity contribution >= 4 is 23.0 Å². The molecule has 0 aliphatic carbocycles. The molecule has 0 unspecified atom stereocenters. The quantitative estimate of drug-likeness (QED) is 0.625. The van der Waals surface area contributed by atoms with Crippen molar-refractivity contribution in [2.24, 2.45) is 0 Å². The molecule has 0 aliphatic heterocycles. The lowest BCUT2D eigenvalue weighted by molar-refractivity contribution is 0.111. The Morgan fingerprint density at radius 1 is 1.35 bits per heavy atom. The van der Waals surface area contributed by atoms with Gasteiger partial charge in [0.25, 0.3) is 5.88 Å². The Kier molecular flexibility index (Phi) is 2.04. The molecule has 0 radical (unpaired) electrons. The van der Waals surface area contributed by atoms with Gasteiger partial charge >= 0.3 is 0 Å². The topological polar surface area (TPSA) is 56.5 Å². The summed E-state index contributed by atoms with van der Waals surface area (Å²) in [7, 11) is 1.53. The Balaban J connectivity index is 2.59. The van der Waals surface area contributed by atoms with E-state index in [0.717, 1.165) is 17.3 Å². The number of carbonyl (C=O) groups is 1. The van der Waals surface area contributed by atoms with Crippen molar-refractivity contribution in [2.45, 2.75) is 0 Å². The van der Waals surface area contributed by atoms with Crippen molar-refractivity contribution in [3.8, 4) is 5.88 Å². The minimum atomic E-state index is 0.414. The van der Waals surface area contributed by atoms with Gasteiger partial charge in [0.15, 0.2) is 6.29 Å². The summed E-state index contributed by atoms with van der Waals surface area (Å²) in [6, 6.07) is 7.54. The zero-order chi connectivity index (χ0) is 11.8. The van der Waals surface area contributed by atoms with Crippen molar-refractivity contribution in [2.75, 3.05) is 7.11 Å². The molecule has 0 amide bonds. The maximum atomic E-state index is 11.0. The van der Waals surface area contributed by atoms with E-state index in [2.05, 4.69) is 9.97 Å². The van der Waals surface area contributed by atoms with Crippen LogP contribution in [0.1, 0.15) is 10.5 Å². The summed E-state index contributed by atoms with van der Waals surface area (Å²) in [5.74, 6) is 0.414. The first-order valence-electron chi connectivity index (χ1n) is 5.10. The van der Waals surface area contributed by atoms with E-state index in [1.54, 1.807) is 4.40 Å². The van der Waals surface area contributed by atoms with E-state index in [-0.39, 0.29) is 0 Å². The summed E-state index contributed by atoms with van der Waals surface area (Å²) >= 11 is 0. The first-order chi connectivity index (χ1) is 8.35. The number of hydrogen-bond donors (Lipinski definition) is 0. The molecule has 17 heavy (non-hydrogen) atoms. The highest BCUT2D eigenvalue weighted by atomic mass is 16.5. The van der Waals surface area contributed by atoms with Gasteiger partial charge in [-0.2, -0.15) is 0 Å². The van der Waals surface area contributed by atoms with Gasteiger partial charge in [0.1, 0.15) is 5.69 Å². The monoisotopic (exact) mass is 227 g/mol. The van der Waals surface area contributed by atoms with E-state index < -0.39 is 0 Å². The van der Waals surface area contributed by atoms with Crippen molar-refractivity contribution in [3.05, 3.63) is 36.2 Å². The summed E-state index contributed by atoms with van der Waals surface area (Å²) in [6.45, 7) is 0. The van der Waals surface area contributed by atoms with Crippen LogP contribution in [0.3, 0.4) is 0 Å². The maximum Gasteiger partial charge on any atom is 0.258 e. The number of para-hydroxylation sites is 2. The third-order valence-electron chi connectivity index (χ3n) is 2.64. The second kappa shape index (κ2) is 3.55. The number of rotatable bonds is 2. The fraction of sp³-hybridized carbons (Fsp3) is 0.0833. The van der Waals surface area contributed by atoms with Crippen LogP contribution in [0.25, 0.3) is 16.7 Å². The molecule has 1 aromatic carbocycles. The second-order valence-electron chi connectivity index (χ2n) is 3.57. The number of fused-ring (bicyclic) bond motifs is 3.